The molecule has 1 aromatic carbocycles. The Morgan fingerprint density at radius 1 is 1.47 bits per heavy atom. The molecule has 0 aliphatic rings. The van der Waals surface area contributed by atoms with Gasteiger partial charge in [0.15, 0.2) is 0 Å². The number of amides is 1. The molecule has 0 atom stereocenters. The Hall–Kier alpha value is -1.53. The standard InChI is InChI=1S/C12H11ClF3NO2/c13-9-2-1-3-10(14)8(9)4-5-11(19)17-6-12(15,16)7-18/h1-5,18H,6-7H2,(H,17,19)/b5-4+. The van der Waals surface area contributed by atoms with E-state index in [0.717, 1.165) is 18.2 Å². The lowest BCUT2D eigenvalue weighted by molar-refractivity contribution is -0.119. The highest BCUT2D eigenvalue weighted by Gasteiger charge is 2.27. The first-order chi connectivity index (χ1) is 8.85. The van der Waals surface area contributed by atoms with E-state index in [2.05, 4.69) is 0 Å². The summed E-state index contributed by atoms with van der Waals surface area (Å²) in [6, 6.07) is 3.99. The van der Waals surface area contributed by atoms with Gasteiger partial charge in [-0.3, -0.25) is 4.79 Å². The van der Waals surface area contributed by atoms with Crippen LogP contribution in [0.4, 0.5) is 13.2 Å². The Labute approximate surface area is 112 Å². The molecule has 2 N–H and O–H groups in total. The minimum absolute atomic E-state index is 0.00626. The van der Waals surface area contributed by atoms with E-state index in [4.69, 9.17) is 16.7 Å². The lowest BCUT2D eigenvalue weighted by Crippen LogP contribution is -2.38. The average molecular weight is 294 g/mol. The molecule has 0 unspecified atom stereocenters. The van der Waals surface area contributed by atoms with Crippen LogP contribution < -0.4 is 5.32 Å². The fourth-order valence-electron chi connectivity index (χ4n) is 1.16. The SMILES string of the molecule is O=C(/C=C/c1c(F)cccc1Cl)NCC(F)(F)CO. The molecule has 104 valence electrons. The van der Waals surface area contributed by atoms with Crippen molar-refractivity contribution in [3.8, 4) is 0 Å². The van der Waals surface area contributed by atoms with Gasteiger partial charge in [-0.2, -0.15) is 0 Å². The number of halogens is 4. The molecule has 0 spiro atoms. The van der Waals surface area contributed by atoms with Gasteiger partial charge in [-0.15, -0.1) is 0 Å². The number of alkyl halides is 2. The van der Waals surface area contributed by atoms with Crippen molar-refractivity contribution in [1.82, 2.24) is 5.32 Å². The number of carbonyl (C=O) groups excluding carboxylic acids is 1. The lowest BCUT2D eigenvalue weighted by atomic mass is 10.2. The van der Waals surface area contributed by atoms with Gasteiger partial charge in [-0.25, -0.2) is 13.2 Å². The van der Waals surface area contributed by atoms with Crippen LogP contribution >= 0.6 is 11.6 Å². The van der Waals surface area contributed by atoms with Crippen molar-refractivity contribution in [3.05, 3.63) is 40.7 Å². The van der Waals surface area contributed by atoms with Gasteiger partial charge in [0.1, 0.15) is 12.4 Å². The van der Waals surface area contributed by atoms with Crippen molar-refractivity contribution in [2.24, 2.45) is 0 Å². The predicted octanol–water partition coefficient (Wildman–Crippen LogP) is 2.24. The van der Waals surface area contributed by atoms with Gasteiger partial charge in [-0.1, -0.05) is 17.7 Å². The first kappa shape index (κ1) is 15.5. The van der Waals surface area contributed by atoms with Gasteiger partial charge in [0, 0.05) is 11.6 Å². The molecule has 1 amide bonds. The Kier molecular flexibility index (Phi) is 5.38. The molecule has 0 saturated carbocycles. The van der Waals surface area contributed by atoms with Crippen LogP contribution in [-0.4, -0.2) is 30.1 Å². The van der Waals surface area contributed by atoms with Crippen molar-refractivity contribution < 1.29 is 23.1 Å². The van der Waals surface area contributed by atoms with Crippen LogP contribution in [0.1, 0.15) is 5.56 Å². The summed E-state index contributed by atoms with van der Waals surface area (Å²) < 4.78 is 38.6. The molecule has 1 rings (SSSR count). The zero-order valence-electron chi connectivity index (χ0n) is 9.67. The van der Waals surface area contributed by atoms with E-state index in [-0.39, 0.29) is 10.6 Å². The van der Waals surface area contributed by atoms with Crippen molar-refractivity contribution in [2.45, 2.75) is 5.92 Å². The van der Waals surface area contributed by atoms with Gasteiger partial charge < -0.3 is 10.4 Å². The minimum Gasteiger partial charge on any atom is -0.390 e. The number of aliphatic hydroxyl groups excluding tert-OH is 1. The van der Waals surface area contributed by atoms with E-state index >= 15 is 0 Å². The molecule has 0 heterocycles. The van der Waals surface area contributed by atoms with Crippen molar-refractivity contribution in [2.75, 3.05) is 13.2 Å². The lowest BCUT2D eigenvalue weighted by Gasteiger charge is -2.12. The summed E-state index contributed by atoms with van der Waals surface area (Å²) >= 11 is 5.71. The molecule has 0 bridgehead atoms. The second-order valence-corrected chi connectivity index (χ2v) is 4.11. The highest BCUT2D eigenvalue weighted by Crippen LogP contribution is 2.20. The van der Waals surface area contributed by atoms with Crippen LogP contribution in [0.15, 0.2) is 24.3 Å². The Bertz CT molecular complexity index is 472. The van der Waals surface area contributed by atoms with E-state index in [1.807, 2.05) is 5.32 Å². The number of nitrogens with one attached hydrogen (secondary N) is 1. The molecule has 0 saturated heterocycles. The quantitative estimate of drug-likeness (QED) is 0.818. The number of carbonyl (C=O) groups is 1. The van der Waals surface area contributed by atoms with Crippen LogP contribution in [0.5, 0.6) is 0 Å². The van der Waals surface area contributed by atoms with E-state index in [0.29, 0.717) is 0 Å². The predicted molar refractivity (Wildman–Crippen MR) is 65.5 cm³/mol. The summed E-state index contributed by atoms with van der Waals surface area (Å²) in [6.07, 6.45) is 1.97. The average Bonchev–Trinajstić information content (AvgIpc) is 2.36. The van der Waals surface area contributed by atoms with Crippen LogP contribution in [0, 0.1) is 5.82 Å². The summed E-state index contributed by atoms with van der Waals surface area (Å²) in [5, 5.41) is 10.3. The summed E-state index contributed by atoms with van der Waals surface area (Å²) in [6.45, 7) is -2.37. The molecule has 3 nitrogen and oxygen atoms in total. The molecule has 1 aromatic rings. The molecule has 0 aliphatic heterocycles. The monoisotopic (exact) mass is 293 g/mol. The zero-order chi connectivity index (χ0) is 14.5. The largest absolute Gasteiger partial charge is 0.390 e. The highest BCUT2D eigenvalue weighted by atomic mass is 35.5. The molecule has 0 aromatic heterocycles. The third-order valence-electron chi connectivity index (χ3n) is 2.15. The van der Waals surface area contributed by atoms with E-state index in [1.54, 1.807) is 0 Å². The van der Waals surface area contributed by atoms with Gasteiger partial charge >= 0.3 is 0 Å². The summed E-state index contributed by atoms with van der Waals surface area (Å²) in [5.74, 6) is -4.86. The third kappa shape index (κ3) is 4.92. The molecule has 0 aliphatic carbocycles. The number of hydrogen-bond acceptors (Lipinski definition) is 2. The fourth-order valence-corrected chi connectivity index (χ4v) is 1.39. The van der Waals surface area contributed by atoms with Crippen LogP contribution in [0.25, 0.3) is 6.08 Å². The Morgan fingerprint density at radius 3 is 2.74 bits per heavy atom. The molecule has 0 fully saturated rings. The summed E-state index contributed by atoms with van der Waals surface area (Å²) in [7, 11) is 0. The summed E-state index contributed by atoms with van der Waals surface area (Å²) in [4.78, 5) is 11.2. The van der Waals surface area contributed by atoms with Crippen LogP contribution in [0.2, 0.25) is 5.02 Å². The molecular weight excluding hydrogens is 283 g/mol. The number of aliphatic hydroxyl groups is 1. The second-order valence-electron chi connectivity index (χ2n) is 3.70. The van der Waals surface area contributed by atoms with Gasteiger partial charge in [0.2, 0.25) is 5.91 Å². The minimum atomic E-state index is -3.39. The highest BCUT2D eigenvalue weighted by molar-refractivity contribution is 6.32. The summed E-state index contributed by atoms with van der Waals surface area (Å²) in [5.41, 5.74) is -0.00626. The van der Waals surface area contributed by atoms with E-state index < -0.39 is 30.8 Å². The van der Waals surface area contributed by atoms with Gasteiger partial charge in [-0.05, 0) is 18.2 Å². The fraction of sp³-hybridized carbons (Fsp3) is 0.250. The maximum absolute atomic E-state index is 13.3. The Morgan fingerprint density at radius 2 is 2.16 bits per heavy atom. The Balaban J connectivity index is 2.64. The van der Waals surface area contributed by atoms with E-state index in [9.17, 15) is 18.0 Å². The number of benzene rings is 1. The maximum Gasteiger partial charge on any atom is 0.287 e. The van der Waals surface area contributed by atoms with Gasteiger partial charge in [0.25, 0.3) is 5.92 Å². The van der Waals surface area contributed by atoms with E-state index in [1.165, 1.54) is 12.1 Å². The topological polar surface area (TPSA) is 49.3 Å². The first-order valence-corrected chi connectivity index (χ1v) is 5.62. The first-order valence-electron chi connectivity index (χ1n) is 5.24. The van der Waals surface area contributed by atoms with Crippen molar-refractivity contribution in [3.63, 3.8) is 0 Å². The number of hydrogen-bond donors (Lipinski definition) is 2. The molecule has 7 heteroatoms. The zero-order valence-corrected chi connectivity index (χ0v) is 10.4. The number of rotatable bonds is 5. The van der Waals surface area contributed by atoms with Crippen molar-refractivity contribution in [1.29, 1.82) is 0 Å². The smallest absolute Gasteiger partial charge is 0.287 e. The van der Waals surface area contributed by atoms with Crippen LogP contribution in [0.3, 0.4) is 0 Å². The van der Waals surface area contributed by atoms with Crippen molar-refractivity contribution >= 4 is 23.6 Å². The molecule has 0 radical (unpaired) electrons. The van der Waals surface area contributed by atoms with Gasteiger partial charge in [0.05, 0.1) is 11.6 Å². The molecular formula is C12H11ClF3NO2. The van der Waals surface area contributed by atoms with Crippen LogP contribution in [-0.2, 0) is 4.79 Å². The molecule has 19 heavy (non-hydrogen) atoms. The normalized spacial score (nSPS) is 11.8. The second kappa shape index (κ2) is 6.58. The maximum atomic E-state index is 13.3. The third-order valence-corrected chi connectivity index (χ3v) is 2.48.